The lowest BCUT2D eigenvalue weighted by Gasteiger charge is -2.00. The van der Waals surface area contributed by atoms with E-state index in [1.165, 1.54) is 10.5 Å². The molecule has 4 nitrogen and oxygen atoms in total. The first-order valence-electron chi connectivity index (χ1n) is 4.95. The minimum atomic E-state index is -1.09. The van der Waals surface area contributed by atoms with Gasteiger partial charge in [0.1, 0.15) is 0 Å². The molecule has 0 aliphatic heterocycles. The normalized spacial score (nSPS) is 10.9. The van der Waals surface area contributed by atoms with Gasteiger partial charge in [-0.15, -0.1) is 0 Å². The van der Waals surface area contributed by atoms with E-state index in [1.54, 1.807) is 20.0 Å². The lowest BCUT2D eigenvalue weighted by atomic mass is 10.2. The molecule has 0 unspecified atom stereocenters. The summed E-state index contributed by atoms with van der Waals surface area (Å²) >= 11 is 0. The van der Waals surface area contributed by atoms with E-state index in [4.69, 9.17) is 5.11 Å². The SMILES string of the molecule is CCc1nc2c(F)cc(C)cn2c1C(=O)O. The van der Waals surface area contributed by atoms with Crippen molar-refractivity contribution in [1.29, 1.82) is 0 Å². The Bertz CT molecular complexity index is 575. The minimum Gasteiger partial charge on any atom is -0.477 e. The van der Waals surface area contributed by atoms with Gasteiger partial charge < -0.3 is 5.11 Å². The van der Waals surface area contributed by atoms with E-state index in [0.717, 1.165) is 0 Å². The smallest absolute Gasteiger partial charge is 0.354 e. The van der Waals surface area contributed by atoms with Crippen molar-refractivity contribution < 1.29 is 14.3 Å². The number of aromatic nitrogens is 2. The van der Waals surface area contributed by atoms with Crippen LogP contribution in [0.15, 0.2) is 12.3 Å². The molecule has 0 saturated carbocycles. The van der Waals surface area contributed by atoms with Crippen molar-refractivity contribution in [1.82, 2.24) is 9.38 Å². The van der Waals surface area contributed by atoms with E-state index in [1.807, 2.05) is 0 Å². The first-order chi connectivity index (χ1) is 7.54. The second-order valence-corrected chi connectivity index (χ2v) is 3.62. The monoisotopic (exact) mass is 222 g/mol. The van der Waals surface area contributed by atoms with Crippen LogP contribution in [0.2, 0.25) is 0 Å². The van der Waals surface area contributed by atoms with Crippen LogP contribution < -0.4 is 0 Å². The Morgan fingerprint density at radius 3 is 2.88 bits per heavy atom. The van der Waals surface area contributed by atoms with E-state index in [9.17, 15) is 9.18 Å². The van der Waals surface area contributed by atoms with E-state index >= 15 is 0 Å². The number of aryl methyl sites for hydroxylation is 2. The van der Waals surface area contributed by atoms with Crippen molar-refractivity contribution in [2.24, 2.45) is 0 Å². The number of rotatable bonds is 2. The molecule has 5 heteroatoms. The average molecular weight is 222 g/mol. The molecule has 0 saturated heterocycles. The van der Waals surface area contributed by atoms with Gasteiger partial charge >= 0.3 is 5.97 Å². The third-order valence-corrected chi connectivity index (χ3v) is 2.42. The molecule has 0 fully saturated rings. The summed E-state index contributed by atoms with van der Waals surface area (Å²) in [5, 5.41) is 9.08. The average Bonchev–Trinajstić information content (AvgIpc) is 2.56. The molecule has 2 heterocycles. The van der Waals surface area contributed by atoms with Gasteiger partial charge in [-0.2, -0.15) is 0 Å². The van der Waals surface area contributed by atoms with Gasteiger partial charge in [-0.3, -0.25) is 4.40 Å². The maximum absolute atomic E-state index is 13.6. The summed E-state index contributed by atoms with van der Waals surface area (Å²) in [5.41, 5.74) is 1.17. The summed E-state index contributed by atoms with van der Waals surface area (Å²) in [5.74, 6) is -1.59. The van der Waals surface area contributed by atoms with Gasteiger partial charge in [-0.05, 0) is 25.0 Å². The Kier molecular flexibility index (Phi) is 2.38. The Balaban J connectivity index is 2.89. The zero-order valence-electron chi connectivity index (χ0n) is 8.99. The van der Waals surface area contributed by atoms with Gasteiger partial charge in [0, 0.05) is 6.20 Å². The molecule has 0 spiro atoms. The number of imidazole rings is 1. The second-order valence-electron chi connectivity index (χ2n) is 3.62. The molecule has 16 heavy (non-hydrogen) atoms. The van der Waals surface area contributed by atoms with Crippen LogP contribution in [-0.4, -0.2) is 20.5 Å². The minimum absolute atomic E-state index is 0.0418. The number of hydrogen-bond donors (Lipinski definition) is 1. The van der Waals surface area contributed by atoms with Crippen LogP contribution in [0, 0.1) is 12.7 Å². The number of halogens is 1. The van der Waals surface area contributed by atoms with Crippen LogP contribution in [0.1, 0.15) is 28.7 Å². The van der Waals surface area contributed by atoms with Crippen LogP contribution in [0.5, 0.6) is 0 Å². The molecule has 2 aromatic heterocycles. The third kappa shape index (κ3) is 1.44. The summed E-state index contributed by atoms with van der Waals surface area (Å²) in [6.45, 7) is 3.50. The summed E-state index contributed by atoms with van der Waals surface area (Å²) in [6, 6.07) is 1.34. The first kappa shape index (κ1) is 10.6. The quantitative estimate of drug-likeness (QED) is 0.845. The van der Waals surface area contributed by atoms with Gasteiger partial charge in [0.05, 0.1) is 5.69 Å². The summed E-state index contributed by atoms with van der Waals surface area (Å²) in [7, 11) is 0. The predicted molar refractivity (Wildman–Crippen MR) is 56.2 cm³/mol. The van der Waals surface area contributed by atoms with Crippen LogP contribution in [0.25, 0.3) is 5.65 Å². The molecule has 2 aromatic rings. The molecule has 2 rings (SSSR count). The standard InChI is InChI=1S/C11H11FN2O2/c1-3-8-9(11(15)16)14-5-6(2)4-7(12)10(14)13-8/h4-5H,3H2,1-2H3,(H,15,16). The van der Waals surface area contributed by atoms with Crippen molar-refractivity contribution in [3.8, 4) is 0 Å². The van der Waals surface area contributed by atoms with Gasteiger partial charge in [0.15, 0.2) is 17.2 Å². The largest absolute Gasteiger partial charge is 0.477 e. The van der Waals surface area contributed by atoms with Gasteiger partial charge in [0.25, 0.3) is 0 Å². The lowest BCUT2D eigenvalue weighted by Crippen LogP contribution is -2.05. The number of hydrogen-bond acceptors (Lipinski definition) is 2. The third-order valence-electron chi connectivity index (χ3n) is 2.42. The fourth-order valence-corrected chi connectivity index (χ4v) is 1.75. The van der Waals surface area contributed by atoms with Crippen molar-refractivity contribution in [3.63, 3.8) is 0 Å². The van der Waals surface area contributed by atoms with Crippen molar-refractivity contribution in [2.75, 3.05) is 0 Å². The maximum atomic E-state index is 13.6. The fraction of sp³-hybridized carbons (Fsp3) is 0.273. The molecule has 0 atom stereocenters. The number of carboxylic acids is 1. The van der Waals surface area contributed by atoms with E-state index in [0.29, 0.717) is 17.7 Å². The Morgan fingerprint density at radius 1 is 1.62 bits per heavy atom. The summed E-state index contributed by atoms with van der Waals surface area (Å²) in [6.07, 6.45) is 2.04. The zero-order valence-corrected chi connectivity index (χ0v) is 8.99. The second kappa shape index (κ2) is 3.59. The van der Waals surface area contributed by atoms with E-state index < -0.39 is 11.8 Å². The summed E-state index contributed by atoms with van der Waals surface area (Å²) < 4.78 is 14.9. The number of pyridine rings is 1. The fourth-order valence-electron chi connectivity index (χ4n) is 1.75. The van der Waals surface area contributed by atoms with Crippen LogP contribution in [0.4, 0.5) is 4.39 Å². The first-order valence-corrected chi connectivity index (χ1v) is 4.95. The number of fused-ring (bicyclic) bond motifs is 1. The van der Waals surface area contributed by atoms with Crippen molar-refractivity contribution in [3.05, 3.63) is 35.0 Å². The number of carboxylic acid groups (broad SMARTS) is 1. The zero-order chi connectivity index (χ0) is 11.9. The molecular weight excluding hydrogens is 211 g/mol. The molecule has 0 aliphatic rings. The Morgan fingerprint density at radius 2 is 2.31 bits per heavy atom. The molecule has 0 aliphatic carbocycles. The van der Waals surface area contributed by atoms with E-state index in [-0.39, 0.29) is 11.3 Å². The van der Waals surface area contributed by atoms with Crippen LogP contribution in [0.3, 0.4) is 0 Å². The van der Waals surface area contributed by atoms with Gasteiger partial charge in [-0.1, -0.05) is 6.92 Å². The lowest BCUT2D eigenvalue weighted by molar-refractivity contribution is 0.0688. The highest BCUT2D eigenvalue weighted by Gasteiger charge is 2.19. The van der Waals surface area contributed by atoms with Crippen LogP contribution >= 0.6 is 0 Å². The molecule has 84 valence electrons. The highest BCUT2D eigenvalue weighted by Crippen LogP contribution is 2.17. The Hall–Kier alpha value is -1.91. The molecule has 1 N–H and O–H groups in total. The van der Waals surface area contributed by atoms with Crippen molar-refractivity contribution >= 4 is 11.6 Å². The van der Waals surface area contributed by atoms with E-state index in [2.05, 4.69) is 4.98 Å². The topological polar surface area (TPSA) is 54.6 Å². The van der Waals surface area contributed by atoms with Crippen LogP contribution in [-0.2, 0) is 6.42 Å². The van der Waals surface area contributed by atoms with Crippen molar-refractivity contribution in [2.45, 2.75) is 20.3 Å². The predicted octanol–water partition coefficient (Wildman–Crippen LogP) is 2.04. The van der Waals surface area contributed by atoms with Gasteiger partial charge in [0.2, 0.25) is 0 Å². The number of aromatic carboxylic acids is 1. The number of carbonyl (C=O) groups is 1. The maximum Gasteiger partial charge on any atom is 0.354 e. The molecular formula is C11H11FN2O2. The molecule has 0 aromatic carbocycles. The highest BCUT2D eigenvalue weighted by molar-refractivity contribution is 5.88. The molecule has 0 bridgehead atoms. The number of nitrogens with zero attached hydrogens (tertiary/aromatic N) is 2. The molecule has 0 amide bonds. The Labute approximate surface area is 91.4 Å². The summed E-state index contributed by atoms with van der Waals surface area (Å²) in [4.78, 5) is 15.1. The molecule has 0 radical (unpaired) electrons. The highest BCUT2D eigenvalue weighted by atomic mass is 19.1. The van der Waals surface area contributed by atoms with Gasteiger partial charge in [-0.25, -0.2) is 14.2 Å².